The van der Waals surface area contributed by atoms with Crippen LogP contribution in [0.5, 0.6) is 0 Å². The van der Waals surface area contributed by atoms with Gasteiger partial charge in [-0.25, -0.2) is 0 Å². The zero-order chi connectivity index (χ0) is 10.6. The summed E-state index contributed by atoms with van der Waals surface area (Å²) in [7, 11) is 0. The van der Waals surface area contributed by atoms with E-state index < -0.39 is 0 Å². The van der Waals surface area contributed by atoms with Gasteiger partial charge >= 0.3 is 0 Å². The quantitative estimate of drug-likeness (QED) is 0.793. The molecular weight excluding hydrogens is 190 g/mol. The summed E-state index contributed by atoms with van der Waals surface area (Å²) in [5.41, 5.74) is 7.70. The molecule has 1 rings (SSSR count). The van der Waals surface area contributed by atoms with Gasteiger partial charge in [-0.1, -0.05) is 20.3 Å². The summed E-state index contributed by atoms with van der Waals surface area (Å²) in [6.45, 7) is 6.63. The van der Waals surface area contributed by atoms with Gasteiger partial charge < -0.3 is 5.73 Å². The van der Waals surface area contributed by atoms with Gasteiger partial charge in [0.05, 0.1) is 0 Å². The van der Waals surface area contributed by atoms with Gasteiger partial charge in [0.15, 0.2) is 0 Å². The van der Waals surface area contributed by atoms with Crippen LogP contribution < -0.4 is 5.73 Å². The lowest BCUT2D eigenvalue weighted by Crippen LogP contribution is -2.43. The Morgan fingerprint density at radius 3 is 2.79 bits per heavy atom. The molecule has 14 heavy (non-hydrogen) atoms. The molecule has 0 aromatic carbocycles. The van der Waals surface area contributed by atoms with Gasteiger partial charge in [0.25, 0.3) is 0 Å². The Labute approximate surface area is 91.3 Å². The Morgan fingerprint density at radius 2 is 2.29 bits per heavy atom. The summed E-state index contributed by atoms with van der Waals surface area (Å²) in [4.78, 5) is 0. The molecule has 0 saturated carbocycles. The Kier molecular flexibility index (Phi) is 4.14. The van der Waals surface area contributed by atoms with Crippen molar-refractivity contribution in [3.63, 3.8) is 0 Å². The molecule has 0 spiro atoms. The molecule has 2 N–H and O–H groups in total. The van der Waals surface area contributed by atoms with E-state index in [4.69, 9.17) is 5.73 Å². The first kappa shape index (κ1) is 11.7. The van der Waals surface area contributed by atoms with Crippen LogP contribution in [0.15, 0.2) is 16.8 Å². The highest BCUT2D eigenvalue weighted by molar-refractivity contribution is 7.07. The summed E-state index contributed by atoms with van der Waals surface area (Å²) in [6, 6.07) is 2.19. The zero-order valence-electron chi connectivity index (χ0n) is 9.42. The van der Waals surface area contributed by atoms with Crippen LogP contribution in [-0.4, -0.2) is 5.54 Å². The number of thiophene rings is 1. The van der Waals surface area contributed by atoms with Crippen LogP contribution in [0.25, 0.3) is 0 Å². The van der Waals surface area contributed by atoms with E-state index in [0.717, 1.165) is 19.3 Å². The third-order valence-corrected chi connectivity index (χ3v) is 4.00. The van der Waals surface area contributed by atoms with E-state index in [1.165, 1.54) is 5.56 Å². The summed E-state index contributed by atoms with van der Waals surface area (Å²) in [6.07, 6.45) is 3.36. The Bertz CT molecular complexity index is 251. The maximum absolute atomic E-state index is 6.29. The normalized spacial score (nSPS) is 17.7. The minimum Gasteiger partial charge on any atom is -0.325 e. The second-order valence-corrected chi connectivity index (χ2v) is 5.23. The molecule has 2 heteroatoms. The molecule has 2 unspecified atom stereocenters. The average Bonchev–Trinajstić information content (AvgIpc) is 2.66. The number of nitrogens with two attached hydrogens (primary N) is 1. The van der Waals surface area contributed by atoms with Gasteiger partial charge in [-0.15, -0.1) is 0 Å². The number of hydrogen-bond acceptors (Lipinski definition) is 2. The largest absolute Gasteiger partial charge is 0.325 e. The van der Waals surface area contributed by atoms with Crippen molar-refractivity contribution in [3.8, 4) is 0 Å². The van der Waals surface area contributed by atoms with Crippen molar-refractivity contribution in [1.29, 1.82) is 0 Å². The third-order valence-electron chi connectivity index (χ3n) is 3.27. The zero-order valence-corrected chi connectivity index (χ0v) is 10.2. The summed E-state index contributed by atoms with van der Waals surface area (Å²) in [5.74, 6) is 0.598. The Morgan fingerprint density at radius 1 is 1.57 bits per heavy atom. The van der Waals surface area contributed by atoms with Crippen molar-refractivity contribution in [2.24, 2.45) is 11.7 Å². The number of rotatable bonds is 5. The lowest BCUT2D eigenvalue weighted by molar-refractivity contribution is 0.289. The van der Waals surface area contributed by atoms with Crippen LogP contribution in [0.2, 0.25) is 0 Å². The van der Waals surface area contributed by atoms with Crippen LogP contribution >= 0.6 is 11.3 Å². The van der Waals surface area contributed by atoms with Crippen molar-refractivity contribution in [2.75, 3.05) is 0 Å². The van der Waals surface area contributed by atoms with Crippen LogP contribution in [0.4, 0.5) is 0 Å². The second kappa shape index (κ2) is 4.94. The molecule has 0 aliphatic carbocycles. The Balaban J connectivity index is 2.44. The lowest BCUT2D eigenvalue weighted by atomic mass is 9.82. The molecule has 0 aliphatic rings. The molecular formula is C12H21NS. The first-order valence-corrected chi connectivity index (χ1v) is 6.30. The molecule has 0 amide bonds. The molecule has 80 valence electrons. The standard InChI is InChI=1S/C12H21NS/c1-4-10(2)12(3,13)7-5-11-6-8-14-9-11/h6,8-10H,4-5,7,13H2,1-3H3. The highest BCUT2D eigenvalue weighted by Crippen LogP contribution is 2.23. The highest BCUT2D eigenvalue weighted by atomic mass is 32.1. The average molecular weight is 211 g/mol. The summed E-state index contributed by atoms with van der Waals surface area (Å²) >= 11 is 1.76. The van der Waals surface area contributed by atoms with Crippen LogP contribution in [0.3, 0.4) is 0 Å². The maximum atomic E-state index is 6.29. The third kappa shape index (κ3) is 3.10. The van der Waals surface area contributed by atoms with Crippen LogP contribution in [0, 0.1) is 5.92 Å². The van der Waals surface area contributed by atoms with E-state index in [-0.39, 0.29) is 5.54 Å². The van der Waals surface area contributed by atoms with Crippen molar-refractivity contribution < 1.29 is 0 Å². The summed E-state index contributed by atoms with van der Waals surface area (Å²) in [5, 5.41) is 4.35. The van der Waals surface area contributed by atoms with E-state index in [1.54, 1.807) is 11.3 Å². The van der Waals surface area contributed by atoms with Gasteiger partial charge in [-0.2, -0.15) is 11.3 Å². The summed E-state index contributed by atoms with van der Waals surface area (Å²) < 4.78 is 0. The molecule has 0 fully saturated rings. The first-order valence-electron chi connectivity index (χ1n) is 5.36. The van der Waals surface area contributed by atoms with Crippen molar-refractivity contribution in [3.05, 3.63) is 22.4 Å². The fraction of sp³-hybridized carbons (Fsp3) is 0.667. The molecule has 2 atom stereocenters. The van der Waals surface area contributed by atoms with Gasteiger partial charge in [0.2, 0.25) is 0 Å². The molecule has 1 nitrogen and oxygen atoms in total. The SMILES string of the molecule is CCC(C)C(C)(N)CCc1ccsc1. The van der Waals surface area contributed by atoms with Crippen LogP contribution in [-0.2, 0) is 6.42 Å². The predicted molar refractivity (Wildman–Crippen MR) is 64.7 cm³/mol. The smallest absolute Gasteiger partial charge is 0.0154 e. The van der Waals surface area contributed by atoms with Gasteiger partial charge in [-0.3, -0.25) is 0 Å². The fourth-order valence-electron chi connectivity index (χ4n) is 1.56. The highest BCUT2D eigenvalue weighted by Gasteiger charge is 2.24. The van der Waals surface area contributed by atoms with Gasteiger partial charge in [-0.05, 0) is 48.1 Å². The maximum Gasteiger partial charge on any atom is 0.0154 e. The molecule has 0 aliphatic heterocycles. The molecule has 0 radical (unpaired) electrons. The lowest BCUT2D eigenvalue weighted by Gasteiger charge is -2.31. The molecule has 1 aromatic heterocycles. The van der Waals surface area contributed by atoms with Gasteiger partial charge in [0.1, 0.15) is 0 Å². The second-order valence-electron chi connectivity index (χ2n) is 4.45. The predicted octanol–water partition coefficient (Wildman–Crippen LogP) is 3.44. The molecule has 0 saturated heterocycles. The molecule has 1 aromatic rings. The number of aryl methyl sites for hydroxylation is 1. The van der Waals surface area contributed by atoms with E-state index in [2.05, 4.69) is 37.6 Å². The Hall–Kier alpha value is -0.340. The molecule has 0 bridgehead atoms. The van der Waals surface area contributed by atoms with Crippen LogP contribution in [0.1, 0.15) is 39.2 Å². The van der Waals surface area contributed by atoms with Crippen molar-refractivity contribution in [2.45, 2.75) is 45.6 Å². The van der Waals surface area contributed by atoms with Crippen molar-refractivity contribution >= 4 is 11.3 Å². The first-order chi connectivity index (χ1) is 6.56. The van der Waals surface area contributed by atoms with Crippen molar-refractivity contribution in [1.82, 2.24) is 0 Å². The van der Waals surface area contributed by atoms with E-state index in [1.807, 2.05) is 0 Å². The van der Waals surface area contributed by atoms with Gasteiger partial charge in [0, 0.05) is 5.54 Å². The van der Waals surface area contributed by atoms with E-state index >= 15 is 0 Å². The monoisotopic (exact) mass is 211 g/mol. The van der Waals surface area contributed by atoms with E-state index in [9.17, 15) is 0 Å². The topological polar surface area (TPSA) is 26.0 Å². The van der Waals surface area contributed by atoms with E-state index in [0.29, 0.717) is 5.92 Å². The fourth-order valence-corrected chi connectivity index (χ4v) is 2.26. The molecule has 1 heterocycles. The minimum atomic E-state index is -0.0172. The number of hydrogen-bond donors (Lipinski definition) is 1. The minimum absolute atomic E-state index is 0.0172.